The molecule has 3 heterocycles. The first-order valence-corrected chi connectivity index (χ1v) is 11.6. The van der Waals surface area contributed by atoms with Crippen LogP contribution >= 0.6 is 11.3 Å². The molecule has 1 aliphatic rings. The predicted molar refractivity (Wildman–Crippen MR) is 124 cm³/mol. The van der Waals surface area contributed by atoms with E-state index in [2.05, 4.69) is 27.9 Å². The maximum Gasteiger partial charge on any atom is 0.195 e. The van der Waals surface area contributed by atoms with Gasteiger partial charge in [-0.3, -0.25) is 4.99 Å². The number of hydrogen-bond acceptors (Lipinski definition) is 6. The van der Waals surface area contributed by atoms with Crippen LogP contribution < -0.4 is 20.1 Å². The lowest BCUT2D eigenvalue weighted by Gasteiger charge is -2.14. The van der Waals surface area contributed by atoms with Gasteiger partial charge in [0.1, 0.15) is 5.76 Å². The number of ether oxygens (including phenoxy) is 2. The van der Waals surface area contributed by atoms with Crippen LogP contribution in [-0.2, 0) is 19.3 Å². The molecule has 7 nitrogen and oxygen atoms in total. The molecule has 0 saturated carbocycles. The van der Waals surface area contributed by atoms with Crippen LogP contribution in [0.5, 0.6) is 11.5 Å². The molecule has 31 heavy (non-hydrogen) atoms. The minimum absolute atomic E-state index is 0.615. The average Bonchev–Trinajstić information content (AvgIpc) is 3.41. The number of aliphatic imine (C=N–C) groups is 1. The number of thiazole rings is 1. The number of anilines is 1. The summed E-state index contributed by atoms with van der Waals surface area (Å²) in [5, 5.41) is 10.1. The van der Waals surface area contributed by atoms with Gasteiger partial charge in [-0.2, -0.15) is 0 Å². The summed E-state index contributed by atoms with van der Waals surface area (Å²) < 4.78 is 16.9. The highest BCUT2D eigenvalue weighted by Crippen LogP contribution is 2.32. The third kappa shape index (κ3) is 6.24. The van der Waals surface area contributed by atoms with Crippen molar-refractivity contribution in [1.82, 2.24) is 10.3 Å². The summed E-state index contributed by atoms with van der Waals surface area (Å²) in [5.41, 5.74) is 2.01. The van der Waals surface area contributed by atoms with E-state index >= 15 is 0 Å². The fourth-order valence-electron chi connectivity index (χ4n) is 3.19. The van der Waals surface area contributed by atoms with Gasteiger partial charge in [0.2, 0.25) is 0 Å². The van der Waals surface area contributed by atoms with Crippen LogP contribution in [0.2, 0.25) is 0 Å². The van der Waals surface area contributed by atoms with Crippen molar-refractivity contribution >= 4 is 23.0 Å². The van der Waals surface area contributed by atoms with E-state index in [1.807, 2.05) is 30.3 Å². The molecule has 164 valence electrons. The monoisotopic (exact) mass is 440 g/mol. The molecule has 0 radical (unpaired) electrons. The van der Waals surface area contributed by atoms with E-state index in [-0.39, 0.29) is 0 Å². The maximum absolute atomic E-state index is 5.81. The molecule has 3 aromatic rings. The Kier molecular flexibility index (Phi) is 7.44. The third-order valence-electron chi connectivity index (χ3n) is 4.79. The van der Waals surface area contributed by atoms with Gasteiger partial charge in [-0.1, -0.05) is 6.92 Å². The van der Waals surface area contributed by atoms with Gasteiger partial charge in [0.15, 0.2) is 17.5 Å². The predicted octanol–water partition coefficient (Wildman–Crippen LogP) is 4.30. The normalized spacial score (nSPS) is 13.6. The second-order valence-corrected chi connectivity index (χ2v) is 8.10. The summed E-state index contributed by atoms with van der Waals surface area (Å²) in [7, 11) is 0. The van der Waals surface area contributed by atoms with Crippen molar-refractivity contribution in [2.45, 2.75) is 32.6 Å². The summed E-state index contributed by atoms with van der Waals surface area (Å²) in [6.07, 6.45) is 5.13. The second kappa shape index (κ2) is 10.9. The van der Waals surface area contributed by atoms with E-state index < -0.39 is 0 Å². The molecule has 4 rings (SSSR count). The van der Waals surface area contributed by atoms with E-state index in [1.165, 1.54) is 5.01 Å². The quantitative estimate of drug-likeness (QED) is 0.401. The lowest BCUT2D eigenvalue weighted by molar-refractivity contribution is 0.297. The highest BCUT2D eigenvalue weighted by Gasteiger charge is 2.11. The van der Waals surface area contributed by atoms with Gasteiger partial charge in [-0.05, 0) is 30.7 Å². The molecule has 2 N–H and O–H groups in total. The molecular formula is C23H28N4O3S. The van der Waals surface area contributed by atoms with Gasteiger partial charge in [0, 0.05) is 49.5 Å². The summed E-state index contributed by atoms with van der Waals surface area (Å²) in [6, 6.07) is 9.73. The van der Waals surface area contributed by atoms with Crippen LogP contribution in [0.4, 0.5) is 5.69 Å². The molecule has 1 aromatic carbocycles. The molecule has 8 heteroatoms. The number of furan rings is 1. The average molecular weight is 441 g/mol. The molecule has 0 bridgehead atoms. The van der Waals surface area contributed by atoms with E-state index in [9.17, 15) is 0 Å². The molecule has 0 amide bonds. The fourth-order valence-corrected chi connectivity index (χ4v) is 3.96. The van der Waals surface area contributed by atoms with Crippen LogP contribution in [0.25, 0.3) is 0 Å². The summed E-state index contributed by atoms with van der Waals surface area (Å²) in [6.45, 7) is 4.82. The van der Waals surface area contributed by atoms with E-state index in [0.29, 0.717) is 25.7 Å². The number of benzene rings is 1. The van der Waals surface area contributed by atoms with Crippen molar-refractivity contribution in [3.8, 4) is 11.5 Å². The summed E-state index contributed by atoms with van der Waals surface area (Å²) in [4.78, 5) is 9.36. The van der Waals surface area contributed by atoms with Gasteiger partial charge in [-0.25, -0.2) is 4.98 Å². The van der Waals surface area contributed by atoms with Gasteiger partial charge in [-0.15, -0.1) is 11.3 Å². The SMILES string of the molecule is CCc1nc(CCNC(=NCCc2ccco2)Nc2ccc3c(c2)OCCCO3)cs1. The number of aryl methyl sites for hydroxylation is 1. The van der Waals surface area contributed by atoms with Crippen LogP contribution in [0.1, 0.15) is 29.8 Å². The minimum Gasteiger partial charge on any atom is -0.490 e. The van der Waals surface area contributed by atoms with Gasteiger partial charge < -0.3 is 24.5 Å². The van der Waals surface area contributed by atoms with Gasteiger partial charge >= 0.3 is 0 Å². The molecular weight excluding hydrogens is 412 g/mol. The number of hydrogen-bond donors (Lipinski definition) is 2. The highest BCUT2D eigenvalue weighted by atomic mass is 32.1. The molecule has 0 aliphatic carbocycles. The first-order valence-electron chi connectivity index (χ1n) is 10.7. The zero-order valence-corrected chi connectivity index (χ0v) is 18.5. The lowest BCUT2D eigenvalue weighted by atomic mass is 10.2. The largest absolute Gasteiger partial charge is 0.490 e. The second-order valence-electron chi connectivity index (χ2n) is 7.16. The van der Waals surface area contributed by atoms with Crippen LogP contribution in [0, 0.1) is 0 Å². The number of nitrogens with zero attached hydrogens (tertiary/aromatic N) is 2. The first kappa shape index (κ1) is 21.2. The van der Waals surface area contributed by atoms with Crippen molar-refractivity contribution in [3.05, 3.63) is 58.4 Å². The first-order chi connectivity index (χ1) is 15.3. The molecule has 0 saturated heterocycles. The Morgan fingerprint density at radius 2 is 2.06 bits per heavy atom. The summed E-state index contributed by atoms with van der Waals surface area (Å²) in [5.74, 6) is 3.18. The van der Waals surface area contributed by atoms with Crippen molar-refractivity contribution in [2.75, 3.05) is 31.6 Å². The molecule has 2 aromatic heterocycles. The molecule has 0 atom stereocenters. The molecule has 0 unspecified atom stereocenters. The Morgan fingerprint density at radius 3 is 2.87 bits per heavy atom. The topological polar surface area (TPSA) is 80.9 Å². The van der Waals surface area contributed by atoms with Crippen molar-refractivity contribution in [1.29, 1.82) is 0 Å². The van der Waals surface area contributed by atoms with Crippen LogP contribution in [0.3, 0.4) is 0 Å². The minimum atomic E-state index is 0.615. The van der Waals surface area contributed by atoms with Crippen molar-refractivity contribution in [2.24, 2.45) is 4.99 Å². The van der Waals surface area contributed by atoms with Crippen molar-refractivity contribution in [3.63, 3.8) is 0 Å². The Labute approximate surface area is 186 Å². The Morgan fingerprint density at radius 1 is 1.16 bits per heavy atom. The van der Waals surface area contributed by atoms with Crippen LogP contribution in [0.15, 0.2) is 51.4 Å². The van der Waals surface area contributed by atoms with E-state index in [0.717, 1.165) is 60.9 Å². The molecule has 0 fully saturated rings. The lowest BCUT2D eigenvalue weighted by Crippen LogP contribution is -2.32. The zero-order valence-electron chi connectivity index (χ0n) is 17.7. The third-order valence-corrected chi connectivity index (χ3v) is 5.84. The maximum atomic E-state index is 5.81. The smallest absolute Gasteiger partial charge is 0.195 e. The number of aromatic nitrogens is 1. The zero-order chi connectivity index (χ0) is 21.3. The number of fused-ring (bicyclic) bond motifs is 1. The molecule has 1 aliphatic heterocycles. The Hall–Kier alpha value is -3.00. The van der Waals surface area contributed by atoms with E-state index in [4.69, 9.17) is 18.9 Å². The number of guanidine groups is 1. The van der Waals surface area contributed by atoms with Gasteiger partial charge in [0.25, 0.3) is 0 Å². The van der Waals surface area contributed by atoms with Crippen molar-refractivity contribution < 1.29 is 13.9 Å². The Balaban J connectivity index is 1.40. The number of nitrogens with one attached hydrogen (secondary N) is 2. The number of rotatable bonds is 8. The Bertz CT molecular complexity index is 985. The highest BCUT2D eigenvalue weighted by molar-refractivity contribution is 7.09. The van der Waals surface area contributed by atoms with E-state index in [1.54, 1.807) is 17.6 Å². The van der Waals surface area contributed by atoms with Gasteiger partial charge in [0.05, 0.1) is 30.2 Å². The van der Waals surface area contributed by atoms with Crippen LogP contribution in [-0.4, -0.2) is 37.2 Å². The fraction of sp³-hybridized carbons (Fsp3) is 0.391. The standard InChI is InChI=1S/C23H28N4O3S/c1-2-22-26-18(16-31-22)8-10-24-23(25-11-9-19-5-3-12-28-19)27-17-6-7-20-21(15-17)30-14-4-13-29-20/h3,5-7,12,15-16H,2,4,8-11,13-14H2,1H3,(H2,24,25,27). The summed E-state index contributed by atoms with van der Waals surface area (Å²) >= 11 is 1.72. The molecule has 0 spiro atoms.